The molecule has 0 amide bonds. The summed E-state index contributed by atoms with van der Waals surface area (Å²) in [7, 11) is 0. The molecule has 0 bridgehead atoms. The second-order valence-corrected chi connectivity index (χ2v) is 6.17. The Labute approximate surface area is 112 Å². The number of aromatic nitrogens is 3. The molecule has 18 heavy (non-hydrogen) atoms. The molecule has 96 valence electrons. The van der Waals surface area contributed by atoms with Crippen molar-refractivity contribution >= 4 is 17.2 Å². The zero-order valence-electron chi connectivity index (χ0n) is 11.1. The number of hydrogen-bond acceptors (Lipinski definition) is 5. The first-order valence-corrected chi connectivity index (χ1v) is 6.83. The molecular weight excluding hydrogens is 244 g/mol. The summed E-state index contributed by atoms with van der Waals surface area (Å²) in [6, 6.07) is 0.141. The lowest BCUT2D eigenvalue weighted by Crippen LogP contribution is -2.13. The molecule has 0 saturated carbocycles. The predicted molar refractivity (Wildman–Crippen MR) is 74.9 cm³/mol. The van der Waals surface area contributed by atoms with Crippen molar-refractivity contribution in [3.63, 3.8) is 0 Å². The van der Waals surface area contributed by atoms with Crippen LogP contribution in [0.1, 0.15) is 44.4 Å². The van der Waals surface area contributed by atoms with Gasteiger partial charge in [-0.15, -0.1) is 11.3 Å². The minimum atomic E-state index is 0.0982. The highest BCUT2D eigenvalue weighted by molar-refractivity contribution is 7.09. The fourth-order valence-electron chi connectivity index (χ4n) is 1.49. The molecule has 5 heteroatoms. The van der Waals surface area contributed by atoms with Crippen LogP contribution in [0.2, 0.25) is 0 Å². The van der Waals surface area contributed by atoms with Crippen LogP contribution in [0.4, 0.5) is 5.82 Å². The Morgan fingerprint density at radius 3 is 2.61 bits per heavy atom. The van der Waals surface area contributed by atoms with Gasteiger partial charge in [0.25, 0.3) is 0 Å². The Morgan fingerprint density at radius 1 is 1.28 bits per heavy atom. The first-order chi connectivity index (χ1) is 8.47. The van der Waals surface area contributed by atoms with Crippen LogP contribution in [0, 0.1) is 0 Å². The Bertz CT molecular complexity index is 501. The summed E-state index contributed by atoms with van der Waals surface area (Å²) < 4.78 is 0. The van der Waals surface area contributed by atoms with Crippen LogP contribution in [-0.2, 0) is 5.41 Å². The molecule has 1 atom stereocenters. The van der Waals surface area contributed by atoms with Gasteiger partial charge in [-0.3, -0.25) is 4.98 Å². The van der Waals surface area contributed by atoms with Crippen LogP contribution < -0.4 is 5.32 Å². The molecule has 0 saturated heterocycles. The highest BCUT2D eigenvalue weighted by Gasteiger charge is 2.19. The number of thiazole rings is 1. The molecule has 2 aromatic heterocycles. The quantitative estimate of drug-likeness (QED) is 0.921. The molecule has 1 N–H and O–H groups in total. The number of rotatable bonds is 3. The highest BCUT2D eigenvalue weighted by Crippen LogP contribution is 2.27. The van der Waals surface area contributed by atoms with Gasteiger partial charge in [0.1, 0.15) is 10.8 Å². The van der Waals surface area contributed by atoms with Crippen molar-refractivity contribution in [1.29, 1.82) is 0 Å². The van der Waals surface area contributed by atoms with E-state index in [1.54, 1.807) is 29.9 Å². The van der Waals surface area contributed by atoms with Gasteiger partial charge in [0.2, 0.25) is 0 Å². The zero-order valence-corrected chi connectivity index (χ0v) is 12.0. The molecule has 0 aliphatic rings. The van der Waals surface area contributed by atoms with Gasteiger partial charge in [-0.1, -0.05) is 20.8 Å². The summed E-state index contributed by atoms with van der Waals surface area (Å²) in [5.41, 5.74) is 1.23. The standard InChI is InChI=1S/C13H18N4S/c1-9(16-11-7-14-5-6-15-11)12-17-10(8-18-12)13(2,3)4/h5-9H,1-4H3,(H,15,16). The van der Waals surface area contributed by atoms with E-state index in [2.05, 4.69) is 53.3 Å². The summed E-state index contributed by atoms with van der Waals surface area (Å²) in [6.07, 6.45) is 5.06. The topological polar surface area (TPSA) is 50.7 Å². The molecule has 0 radical (unpaired) electrons. The van der Waals surface area contributed by atoms with Crippen molar-refractivity contribution in [3.05, 3.63) is 34.7 Å². The maximum absolute atomic E-state index is 4.69. The number of nitrogens with one attached hydrogen (secondary N) is 1. The van der Waals surface area contributed by atoms with Crippen LogP contribution in [-0.4, -0.2) is 15.0 Å². The minimum absolute atomic E-state index is 0.0982. The monoisotopic (exact) mass is 262 g/mol. The molecule has 0 aliphatic heterocycles. The van der Waals surface area contributed by atoms with Crippen molar-refractivity contribution in [2.45, 2.75) is 39.2 Å². The van der Waals surface area contributed by atoms with Crippen LogP contribution in [0.5, 0.6) is 0 Å². The molecule has 2 aromatic rings. The average Bonchev–Trinajstić information content (AvgIpc) is 2.79. The summed E-state index contributed by atoms with van der Waals surface area (Å²) in [6.45, 7) is 8.60. The fourth-order valence-corrected chi connectivity index (χ4v) is 2.54. The normalized spacial score (nSPS) is 13.3. The van der Waals surface area contributed by atoms with Crippen molar-refractivity contribution in [3.8, 4) is 0 Å². The van der Waals surface area contributed by atoms with Crippen LogP contribution in [0.25, 0.3) is 0 Å². The van der Waals surface area contributed by atoms with Gasteiger partial charge in [-0.05, 0) is 6.92 Å². The Kier molecular flexibility index (Phi) is 3.61. The third-order valence-corrected chi connectivity index (χ3v) is 3.62. The molecular formula is C13H18N4S. The second-order valence-electron chi connectivity index (χ2n) is 5.28. The second kappa shape index (κ2) is 5.02. The van der Waals surface area contributed by atoms with E-state index in [4.69, 9.17) is 0 Å². The lowest BCUT2D eigenvalue weighted by Gasteiger charge is -2.15. The van der Waals surface area contributed by atoms with Gasteiger partial charge in [0.05, 0.1) is 17.9 Å². The van der Waals surface area contributed by atoms with Gasteiger partial charge >= 0.3 is 0 Å². The number of anilines is 1. The van der Waals surface area contributed by atoms with E-state index < -0.39 is 0 Å². The highest BCUT2D eigenvalue weighted by atomic mass is 32.1. The lowest BCUT2D eigenvalue weighted by molar-refractivity contribution is 0.569. The van der Waals surface area contributed by atoms with Gasteiger partial charge in [0, 0.05) is 23.2 Å². The Hall–Kier alpha value is -1.49. The number of hydrogen-bond donors (Lipinski definition) is 1. The summed E-state index contributed by atoms with van der Waals surface area (Å²) >= 11 is 1.68. The summed E-state index contributed by atoms with van der Waals surface area (Å²) in [4.78, 5) is 12.9. The van der Waals surface area contributed by atoms with Crippen LogP contribution in [0.3, 0.4) is 0 Å². The summed E-state index contributed by atoms with van der Waals surface area (Å²) in [5.74, 6) is 0.775. The first-order valence-electron chi connectivity index (χ1n) is 5.95. The van der Waals surface area contributed by atoms with Crippen molar-refractivity contribution in [2.75, 3.05) is 5.32 Å². The van der Waals surface area contributed by atoms with E-state index in [0.29, 0.717) is 0 Å². The van der Waals surface area contributed by atoms with Gasteiger partial charge in [-0.2, -0.15) is 0 Å². The zero-order chi connectivity index (χ0) is 13.2. The minimum Gasteiger partial charge on any atom is -0.360 e. The van der Waals surface area contributed by atoms with E-state index in [1.807, 2.05) is 0 Å². The molecule has 2 heterocycles. The molecule has 0 aromatic carbocycles. The van der Waals surface area contributed by atoms with E-state index in [9.17, 15) is 0 Å². The molecule has 0 fully saturated rings. The first kappa shape index (κ1) is 13.0. The smallest absolute Gasteiger partial charge is 0.145 e. The van der Waals surface area contributed by atoms with Gasteiger partial charge in [-0.25, -0.2) is 9.97 Å². The maximum atomic E-state index is 4.69. The largest absolute Gasteiger partial charge is 0.360 e. The molecule has 1 unspecified atom stereocenters. The summed E-state index contributed by atoms with van der Waals surface area (Å²) in [5, 5.41) is 6.50. The molecule has 0 aliphatic carbocycles. The molecule has 0 spiro atoms. The van der Waals surface area contributed by atoms with Crippen LogP contribution in [0.15, 0.2) is 24.0 Å². The lowest BCUT2D eigenvalue weighted by atomic mass is 9.93. The van der Waals surface area contributed by atoms with Crippen molar-refractivity contribution < 1.29 is 0 Å². The Balaban J connectivity index is 2.10. The Morgan fingerprint density at radius 2 is 2.06 bits per heavy atom. The average molecular weight is 262 g/mol. The fraction of sp³-hybridized carbons (Fsp3) is 0.462. The van der Waals surface area contributed by atoms with Gasteiger partial charge in [0.15, 0.2) is 0 Å². The van der Waals surface area contributed by atoms with E-state index in [-0.39, 0.29) is 11.5 Å². The van der Waals surface area contributed by atoms with Crippen molar-refractivity contribution in [2.24, 2.45) is 0 Å². The van der Waals surface area contributed by atoms with Crippen molar-refractivity contribution in [1.82, 2.24) is 15.0 Å². The maximum Gasteiger partial charge on any atom is 0.145 e. The van der Waals surface area contributed by atoms with E-state index in [1.165, 1.54) is 0 Å². The molecule has 2 rings (SSSR count). The number of nitrogens with zero attached hydrogens (tertiary/aromatic N) is 3. The SMILES string of the molecule is CC(Nc1cnccn1)c1nc(C(C)(C)C)cs1. The van der Waals surface area contributed by atoms with E-state index >= 15 is 0 Å². The van der Waals surface area contributed by atoms with Crippen LogP contribution >= 0.6 is 11.3 Å². The van der Waals surface area contributed by atoms with Gasteiger partial charge < -0.3 is 5.32 Å². The van der Waals surface area contributed by atoms with E-state index in [0.717, 1.165) is 16.5 Å². The molecule has 4 nitrogen and oxygen atoms in total. The third-order valence-electron chi connectivity index (χ3n) is 2.59. The predicted octanol–water partition coefficient (Wildman–Crippen LogP) is 3.40. The third kappa shape index (κ3) is 3.04.